The van der Waals surface area contributed by atoms with Gasteiger partial charge in [0.05, 0.1) is 6.10 Å². The highest BCUT2D eigenvalue weighted by molar-refractivity contribution is 6.00. The highest BCUT2D eigenvalue weighted by Gasteiger charge is 2.20. The van der Waals surface area contributed by atoms with Crippen molar-refractivity contribution >= 4 is 11.8 Å². The summed E-state index contributed by atoms with van der Waals surface area (Å²) in [5, 5.41) is 12.5. The molecule has 0 aliphatic carbocycles. The summed E-state index contributed by atoms with van der Waals surface area (Å²) in [5.74, 6) is -0.147. The van der Waals surface area contributed by atoms with Gasteiger partial charge in [0.25, 0.3) is 11.8 Å². The maximum Gasteiger partial charge on any atom is 0.253 e. The van der Waals surface area contributed by atoms with E-state index in [4.69, 9.17) is 0 Å². The number of carbonyl (C=O) groups excluding carboxylic acids is 2. The van der Waals surface area contributed by atoms with Crippen LogP contribution in [0.15, 0.2) is 18.2 Å². The van der Waals surface area contributed by atoms with Gasteiger partial charge in [0.2, 0.25) is 0 Å². The van der Waals surface area contributed by atoms with Gasteiger partial charge in [-0.15, -0.1) is 0 Å². The number of hydrogen-bond donors (Lipinski definition) is 2. The SMILES string of the molecule is CCCN(CCC)C(=O)c1cc(C)cc(C(=O)NCCCN2CCC(O)C2)c1. The maximum atomic E-state index is 12.9. The zero-order valence-electron chi connectivity index (χ0n) is 17.5. The number of aryl methyl sites for hydroxylation is 1. The van der Waals surface area contributed by atoms with Gasteiger partial charge in [-0.1, -0.05) is 13.8 Å². The Hall–Kier alpha value is -1.92. The van der Waals surface area contributed by atoms with Gasteiger partial charge in [-0.3, -0.25) is 9.59 Å². The fourth-order valence-electron chi connectivity index (χ4n) is 3.70. The van der Waals surface area contributed by atoms with Gasteiger partial charge < -0.3 is 20.2 Å². The van der Waals surface area contributed by atoms with Crippen LogP contribution in [-0.4, -0.2) is 72.1 Å². The Kier molecular flexibility index (Phi) is 8.93. The van der Waals surface area contributed by atoms with Crippen LogP contribution >= 0.6 is 0 Å². The number of carbonyl (C=O) groups is 2. The number of rotatable bonds is 10. The average Bonchev–Trinajstić information content (AvgIpc) is 3.09. The van der Waals surface area contributed by atoms with Crippen LogP contribution in [0.2, 0.25) is 0 Å². The second-order valence-electron chi connectivity index (χ2n) is 7.73. The minimum Gasteiger partial charge on any atom is -0.392 e. The largest absolute Gasteiger partial charge is 0.392 e. The third kappa shape index (κ3) is 6.60. The fourth-order valence-corrected chi connectivity index (χ4v) is 3.70. The number of benzene rings is 1. The number of hydrogen-bond acceptors (Lipinski definition) is 4. The lowest BCUT2D eigenvalue weighted by atomic mass is 10.0. The van der Waals surface area contributed by atoms with Crippen LogP contribution in [-0.2, 0) is 0 Å². The molecule has 1 fully saturated rings. The standard InChI is InChI=1S/C22H35N3O3/c1-4-9-25(10-5-2)22(28)19-14-17(3)13-18(15-19)21(27)23-8-6-11-24-12-7-20(26)16-24/h13-15,20,26H,4-12,16H2,1-3H3,(H,23,27). The van der Waals surface area contributed by atoms with Crippen LogP contribution in [0, 0.1) is 6.92 Å². The summed E-state index contributed by atoms with van der Waals surface area (Å²) in [5.41, 5.74) is 2.03. The minimum absolute atomic E-state index is 0.00552. The average molecular weight is 390 g/mol. The van der Waals surface area contributed by atoms with Crippen molar-refractivity contribution in [2.45, 2.75) is 52.6 Å². The number of aliphatic hydroxyl groups is 1. The third-order valence-corrected chi connectivity index (χ3v) is 5.04. The maximum absolute atomic E-state index is 12.9. The van der Waals surface area contributed by atoms with Crippen molar-refractivity contribution in [3.05, 3.63) is 34.9 Å². The lowest BCUT2D eigenvalue weighted by Gasteiger charge is -2.22. The molecule has 1 unspecified atom stereocenters. The first-order valence-electron chi connectivity index (χ1n) is 10.5. The molecule has 6 nitrogen and oxygen atoms in total. The zero-order chi connectivity index (χ0) is 20.5. The normalized spacial score (nSPS) is 16.9. The molecule has 1 saturated heterocycles. The Morgan fingerprint density at radius 1 is 1.18 bits per heavy atom. The Morgan fingerprint density at radius 2 is 1.86 bits per heavy atom. The van der Waals surface area contributed by atoms with E-state index < -0.39 is 0 Å². The monoisotopic (exact) mass is 389 g/mol. The molecule has 1 aliphatic heterocycles. The molecule has 1 aliphatic rings. The van der Waals surface area contributed by atoms with Crippen LogP contribution in [0.3, 0.4) is 0 Å². The molecule has 6 heteroatoms. The number of β-amino-alcohol motifs (C(OH)–C–C–N with tert-alkyl or cyclic N) is 1. The van der Waals surface area contributed by atoms with E-state index in [-0.39, 0.29) is 17.9 Å². The van der Waals surface area contributed by atoms with E-state index in [2.05, 4.69) is 24.1 Å². The molecule has 1 heterocycles. The van der Waals surface area contributed by atoms with Crippen LogP contribution in [0.5, 0.6) is 0 Å². The summed E-state index contributed by atoms with van der Waals surface area (Å²) in [6.45, 7) is 10.6. The molecule has 2 N–H and O–H groups in total. The van der Waals surface area contributed by atoms with E-state index in [0.29, 0.717) is 17.7 Å². The van der Waals surface area contributed by atoms with Crippen molar-refractivity contribution in [2.75, 3.05) is 39.3 Å². The molecule has 0 saturated carbocycles. The summed E-state index contributed by atoms with van der Waals surface area (Å²) in [6.07, 6.45) is 3.30. The van der Waals surface area contributed by atoms with Crippen LogP contribution < -0.4 is 5.32 Å². The summed E-state index contributed by atoms with van der Waals surface area (Å²) in [4.78, 5) is 29.5. The van der Waals surface area contributed by atoms with Gasteiger partial charge in [0, 0.05) is 43.9 Å². The lowest BCUT2D eigenvalue weighted by molar-refractivity contribution is 0.0755. The molecular weight excluding hydrogens is 354 g/mol. The van der Waals surface area contributed by atoms with Crippen molar-refractivity contribution in [1.82, 2.24) is 15.1 Å². The van der Waals surface area contributed by atoms with E-state index >= 15 is 0 Å². The number of nitrogens with zero attached hydrogens (tertiary/aromatic N) is 2. The van der Waals surface area contributed by atoms with Gasteiger partial charge in [-0.05, 0) is 62.9 Å². The second kappa shape index (κ2) is 11.2. The molecule has 1 atom stereocenters. The van der Waals surface area contributed by atoms with Crippen molar-refractivity contribution in [3.8, 4) is 0 Å². The first-order chi connectivity index (χ1) is 13.4. The van der Waals surface area contributed by atoms with Crippen molar-refractivity contribution < 1.29 is 14.7 Å². The topological polar surface area (TPSA) is 72.9 Å². The fraction of sp³-hybridized carbons (Fsp3) is 0.636. The highest BCUT2D eigenvalue weighted by atomic mass is 16.3. The molecule has 1 aromatic rings. The summed E-state index contributed by atoms with van der Waals surface area (Å²) in [6, 6.07) is 5.39. The Balaban J connectivity index is 1.93. The molecule has 28 heavy (non-hydrogen) atoms. The Morgan fingerprint density at radius 3 is 2.46 bits per heavy atom. The first kappa shape index (κ1) is 22.4. The highest BCUT2D eigenvalue weighted by Crippen LogP contribution is 2.14. The minimum atomic E-state index is -0.210. The Bertz CT molecular complexity index is 656. The molecule has 156 valence electrons. The van der Waals surface area contributed by atoms with Crippen molar-refractivity contribution in [1.29, 1.82) is 0 Å². The van der Waals surface area contributed by atoms with Gasteiger partial charge in [0.1, 0.15) is 0 Å². The van der Waals surface area contributed by atoms with Crippen molar-refractivity contribution in [2.24, 2.45) is 0 Å². The molecule has 0 radical (unpaired) electrons. The van der Waals surface area contributed by atoms with Crippen LogP contribution in [0.4, 0.5) is 0 Å². The smallest absolute Gasteiger partial charge is 0.253 e. The molecule has 2 amide bonds. The molecule has 0 aromatic heterocycles. The number of aliphatic hydroxyl groups excluding tert-OH is 1. The van der Waals surface area contributed by atoms with Gasteiger partial charge in [-0.25, -0.2) is 0 Å². The van der Waals surface area contributed by atoms with Crippen LogP contribution in [0.1, 0.15) is 65.8 Å². The van der Waals surface area contributed by atoms with Crippen molar-refractivity contribution in [3.63, 3.8) is 0 Å². The molecule has 1 aromatic carbocycles. The summed E-state index contributed by atoms with van der Waals surface area (Å²) in [7, 11) is 0. The molecule has 0 spiro atoms. The van der Waals surface area contributed by atoms with E-state index in [1.165, 1.54) is 0 Å². The third-order valence-electron chi connectivity index (χ3n) is 5.04. The van der Waals surface area contributed by atoms with Gasteiger partial charge in [-0.2, -0.15) is 0 Å². The Labute approximate surface area is 168 Å². The number of likely N-dealkylation sites (tertiary alicyclic amines) is 1. The second-order valence-corrected chi connectivity index (χ2v) is 7.73. The van der Waals surface area contributed by atoms with E-state index in [9.17, 15) is 14.7 Å². The number of nitrogens with one attached hydrogen (secondary N) is 1. The predicted molar refractivity (Wildman–Crippen MR) is 112 cm³/mol. The van der Waals surface area contributed by atoms with Crippen LogP contribution in [0.25, 0.3) is 0 Å². The molecular formula is C22H35N3O3. The summed E-state index contributed by atoms with van der Waals surface area (Å²) >= 11 is 0. The lowest BCUT2D eigenvalue weighted by Crippen LogP contribution is -2.33. The van der Waals surface area contributed by atoms with E-state index in [1.807, 2.05) is 24.0 Å². The van der Waals surface area contributed by atoms with E-state index in [1.54, 1.807) is 6.07 Å². The predicted octanol–water partition coefficient (Wildman–Crippen LogP) is 2.44. The quantitative estimate of drug-likeness (QED) is 0.603. The molecule has 0 bridgehead atoms. The van der Waals surface area contributed by atoms with Gasteiger partial charge in [0.15, 0.2) is 0 Å². The number of amides is 2. The zero-order valence-corrected chi connectivity index (χ0v) is 17.5. The molecule has 2 rings (SSSR count). The first-order valence-corrected chi connectivity index (χ1v) is 10.5. The van der Waals surface area contributed by atoms with E-state index in [0.717, 1.165) is 64.0 Å². The summed E-state index contributed by atoms with van der Waals surface area (Å²) < 4.78 is 0. The van der Waals surface area contributed by atoms with Gasteiger partial charge >= 0.3 is 0 Å².